The van der Waals surface area contributed by atoms with E-state index in [1.807, 2.05) is 0 Å². The number of carboxylic acid groups (broad SMARTS) is 1. The Balaban J connectivity index is 1.84. The standard InChI is InChI=1S/C12H15N5O3S/c1-7(13)11-16-9(5-21-11)10(18)14-2-3-17-4-8(12(19)20)15-6-17/h4-7H,2-3,13H2,1H3,(H,14,18)(H,19,20). The van der Waals surface area contributed by atoms with Crippen LogP contribution in [-0.4, -0.2) is 38.1 Å². The summed E-state index contributed by atoms with van der Waals surface area (Å²) in [5, 5.41) is 13.8. The lowest BCUT2D eigenvalue weighted by atomic mass is 10.4. The van der Waals surface area contributed by atoms with E-state index >= 15 is 0 Å². The van der Waals surface area contributed by atoms with Crippen LogP contribution in [0.1, 0.15) is 39.0 Å². The Labute approximate surface area is 124 Å². The predicted molar refractivity (Wildman–Crippen MR) is 76.2 cm³/mol. The summed E-state index contributed by atoms with van der Waals surface area (Å²) < 4.78 is 1.60. The van der Waals surface area contributed by atoms with Gasteiger partial charge in [-0.05, 0) is 6.92 Å². The monoisotopic (exact) mass is 309 g/mol. The van der Waals surface area contributed by atoms with Crippen molar-refractivity contribution < 1.29 is 14.7 Å². The van der Waals surface area contributed by atoms with Gasteiger partial charge in [0.2, 0.25) is 0 Å². The summed E-state index contributed by atoms with van der Waals surface area (Å²) in [6.45, 7) is 2.58. The van der Waals surface area contributed by atoms with Gasteiger partial charge in [-0.25, -0.2) is 14.8 Å². The third kappa shape index (κ3) is 3.86. The highest BCUT2D eigenvalue weighted by molar-refractivity contribution is 7.09. The molecule has 1 amide bonds. The molecule has 1 unspecified atom stereocenters. The molecule has 2 aromatic heterocycles. The molecule has 2 aromatic rings. The molecule has 0 saturated carbocycles. The Kier molecular flexibility index (Phi) is 4.66. The van der Waals surface area contributed by atoms with E-state index in [2.05, 4.69) is 15.3 Å². The van der Waals surface area contributed by atoms with Gasteiger partial charge in [-0.2, -0.15) is 0 Å². The number of nitrogens with two attached hydrogens (primary N) is 1. The quantitative estimate of drug-likeness (QED) is 0.713. The normalized spacial score (nSPS) is 12.1. The van der Waals surface area contributed by atoms with Gasteiger partial charge >= 0.3 is 5.97 Å². The fraction of sp³-hybridized carbons (Fsp3) is 0.333. The highest BCUT2D eigenvalue weighted by atomic mass is 32.1. The van der Waals surface area contributed by atoms with Crippen molar-refractivity contribution in [2.24, 2.45) is 5.73 Å². The lowest BCUT2D eigenvalue weighted by Gasteiger charge is -2.04. The van der Waals surface area contributed by atoms with Crippen molar-refractivity contribution in [3.05, 3.63) is 34.3 Å². The zero-order valence-corrected chi connectivity index (χ0v) is 12.1. The molecule has 0 aliphatic carbocycles. The Morgan fingerprint density at radius 2 is 2.29 bits per heavy atom. The number of carboxylic acids is 1. The summed E-state index contributed by atoms with van der Waals surface area (Å²) in [5.41, 5.74) is 6.00. The van der Waals surface area contributed by atoms with Gasteiger partial charge in [-0.1, -0.05) is 0 Å². The summed E-state index contributed by atoms with van der Waals surface area (Å²) in [7, 11) is 0. The fourth-order valence-corrected chi connectivity index (χ4v) is 2.34. The Bertz CT molecular complexity index is 649. The molecule has 4 N–H and O–H groups in total. The molecule has 2 rings (SSSR count). The number of thiazole rings is 1. The average Bonchev–Trinajstić information content (AvgIpc) is 3.07. The minimum atomic E-state index is -1.08. The number of hydrogen-bond acceptors (Lipinski definition) is 6. The Morgan fingerprint density at radius 3 is 2.86 bits per heavy atom. The van der Waals surface area contributed by atoms with Crippen LogP contribution in [0.3, 0.4) is 0 Å². The first kappa shape index (κ1) is 15.1. The van der Waals surface area contributed by atoms with Crippen molar-refractivity contribution in [3.63, 3.8) is 0 Å². The van der Waals surface area contributed by atoms with Crippen molar-refractivity contribution in [1.29, 1.82) is 0 Å². The second-order valence-corrected chi connectivity index (χ2v) is 5.31. The van der Waals surface area contributed by atoms with Crippen molar-refractivity contribution in [2.45, 2.75) is 19.5 Å². The molecule has 0 bridgehead atoms. The van der Waals surface area contributed by atoms with Gasteiger partial charge < -0.3 is 20.7 Å². The topological polar surface area (TPSA) is 123 Å². The highest BCUT2D eigenvalue weighted by Gasteiger charge is 2.12. The number of nitrogens with zero attached hydrogens (tertiary/aromatic N) is 3. The van der Waals surface area contributed by atoms with Crippen LogP contribution in [0.2, 0.25) is 0 Å². The number of aromatic nitrogens is 3. The van der Waals surface area contributed by atoms with Crippen LogP contribution in [0, 0.1) is 0 Å². The first-order valence-corrected chi connectivity index (χ1v) is 7.09. The third-order valence-electron chi connectivity index (χ3n) is 2.65. The Morgan fingerprint density at radius 1 is 1.52 bits per heavy atom. The maximum atomic E-state index is 11.9. The molecular formula is C12H15N5O3S. The lowest BCUT2D eigenvalue weighted by molar-refractivity contribution is 0.0690. The summed E-state index contributed by atoms with van der Waals surface area (Å²) in [5.74, 6) is -1.36. The molecule has 0 aliphatic rings. The van der Waals surface area contributed by atoms with Crippen LogP contribution in [0.4, 0.5) is 0 Å². The average molecular weight is 309 g/mol. The summed E-state index contributed by atoms with van der Waals surface area (Å²) in [6.07, 6.45) is 2.82. The van der Waals surface area contributed by atoms with Crippen molar-refractivity contribution >= 4 is 23.2 Å². The van der Waals surface area contributed by atoms with Crippen molar-refractivity contribution in [3.8, 4) is 0 Å². The van der Waals surface area contributed by atoms with Gasteiger partial charge in [-0.15, -0.1) is 11.3 Å². The largest absolute Gasteiger partial charge is 0.476 e. The lowest BCUT2D eigenvalue weighted by Crippen LogP contribution is -2.27. The van der Waals surface area contributed by atoms with E-state index in [0.717, 1.165) is 0 Å². The van der Waals surface area contributed by atoms with E-state index in [1.165, 1.54) is 23.9 Å². The minimum absolute atomic E-state index is 0.0256. The Hall–Kier alpha value is -2.26. The second-order valence-electron chi connectivity index (χ2n) is 4.42. The second kappa shape index (κ2) is 6.46. The maximum Gasteiger partial charge on any atom is 0.356 e. The van der Waals surface area contributed by atoms with E-state index in [0.29, 0.717) is 23.8 Å². The summed E-state index contributed by atoms with van der Waals surface area (Å²) in [4.78, 5) is 30.4. The first-order valence-electron chi connectivity index (χ1n) is 6.21. The van der Waals surface area contributed by atoms with Crippen LogP contribution in [0.15, 0.2) is 17.9 Å². The number of amides is 1. The molecule has 0 radical (unpaired) electrons. The molecule has 1 atom stereocenters. The predicted octanol–water partition coefficient (Wildman–Crippen LogP) is 0.488. The number of imidazole rings is 1. The number of carbonyl (C=O) groups excluding carboxylic acids is 1. The van der Waals surface area contributed by atoms with Crippen LogP contribution in [0.5, 0.6) is 0 Å². The van der Waals surface area contributed by atoms with Crippen molar-refractivity contribution in [1.82, 2.24) is 19.9 Å². The van der Waals surface area contributed by atoms with E-state index in [4.69, 9.17) is 10.8 Å². The number of hydrogen-bond donors (Lipinski definition) is 3. The van der Waals surface area contributed by atoms with E-state index in [9.17, 15) is 9.59 Å². The maximum absolute atomic E-state index is 11.9. The zero-order valence-electron chi connectivity index (χ0n) is 11.3. The summed E-state index contributed by atoms with van der Waals surface area (Å²) >= 11 is 1.34. The number of aromatic carboxylic acids is 1. The first-order chi connectivity index (χ1) is 9.97. The third-order valence-corrected chi connectivity index (χ3v) is 3.70. The van der Waals surface area contributed by atoms with E-state index < -0.39 is 5.97 Å². The van der Waals surface area contributed by atoms with Crippen LogP contribution >= 0.6 is 11.3 Å². The molecule has 0 aromatic carbocycles. The molecular weight excluding hydrogens is 294 g/mol. The SMILES string of the molecule is CC(N)c1nc(C(=O)NCCn2cnc(C(=O)O)c2)cs1. The molecule has 0 aliphatic heterocycles. The van der Waals surface area contributed by atoms with Gasteiger partial charge in [0.1, 0.15) is 10.7 Å². The van der Waals surface area contributed by atoms with E-state index in [-0.39, 0.29) is 17.6 Å². The smallest absolute Gasteiger partial charge is 0.356 e. The van der Waals surface area contributed by atoms with Gasteiger partial charge in [0, 0.05) is 24.7 Å². The van der Waals surface area contributed by atoms with Gasteiger partial charge in [-0.3, -0.25) is 4.79 Å². The highest BCUT2D eigenvalue weighted by Crippen LogP contribution is 2.15. The fourth-order valence-electron chi connectivity index (χ4n) is 1.58. The molecule has 21 heavy (non-hydrogen) atoms. The minimum Gasteiger partial charge on any atom is -0.476 e. The van der Waals surface area contributed by atoms with Gasteiger partial charge in [0.25, 0.3) is 5.91 Å². The molecule has 0 saturated heterocycles. The molecule has 0 fully saturated rings. The van der Waals surface area contributed by atoms with Crippen LogP contribution in [-0.2, 0) is 6.54 Å². The van der Waals surface area contributed by atoms with Gasteiger partial charge in [0.05, 0.1) is 12.4 Å². The molecule has 2 heterocycles. The zero-order chi connectivity index (χ0) is 15.4. The van der Waals surface area contributed by atoms with Crippen LogP contribution < -0.4 is 11.1 Å². The molecule has 9 heteroatoms. The molecule has 8 nitrogen and oxygen atoms in total. The van der Waals surface area contributed by atoms with Crippen molar-refractivity contribution in [2.75, 3.05) is 6.54 Å². The van der Waals surface area contributed by atoms with Crippen LogP contribution in [0.25, 0.3) is 0 Å². The summed E-state index contributed by atoms with van der Waals surface area (Å²) in [6, 6.07) is -0.197. The number of nitrogens with one attached hydrogen (secondary N) is 1. The van der Waals surface area contributed by atoms with E-state index in [1.54, 1.807) is 16.9 Å². The molecule has 112 valence electrons. The van der Waals surface area contributed by atoms with Gasteiger partial charge in [0.15, 0.2) is 5.69 Å². The number of carbonyl (C=O) groups is 2. The molecule has 0 spiro atoms. The number of rotatable bonds is 6.